The van der Waals surface area contributed by atoms with Crippen LogP contribution in [0, 0.1) is 0 Å². The van der Waals surface area contributed by atoms with E-state index >= 15 is 0 Å². The summed E-state index contributed by atoms with van der Waals surface area (Å²) in [6.45, 7) is 0. The molecule has 1 heterocycles. The van der Waals surface area contributed by atoms with Gasteiger partial charge in [0.15, 0.2) is 0 Å². The summed E-state index contributed by atoms with van der Waals surface area (Å²) in [5.74, 6) is 0. The van der Waals surface area contributed by atoms with Crippen molar-refractivity contribution in [2.24, 2.45) is 0 Å². The minimum absolute atomic E-state index is 0.895. The normalized spacial score (nSPS) is 11.5. The average molecular weight is 790 g/mol. The van der Waals surface area contributed by atoms with E-state index in [0.717, 1.165) is 66.8 Å². The molecular formula is C60H39NO. The van der Waals surface area contributed by atoms with Gasteiger partial charge in [0.25, 0.3) is 0 Å². The predicted molar refractivity (Wildman–Crippen MR) is 263 cm³/mol. The van der Waals surface area contributed by atoms with Crippen molar-refractivity contribution in [3.63, 3.8) is 0 Å². The van der Waals surface area contributed by atoms with Crippen molar-refractivity contribution in [1.29, 1.82) is 0 Å². The smallest absolute Gasteiger partial charge is 0.136 e. The van der Waals surface area contributed by atoms with Gasteiger partial charge in [-0.25, -0.2) is 0 Å². The zero-order chi connectivity index (χ0) is 41.0. The topological polar surface area (TPSA) is 16.4 Å². The van der Waals surface area contributed by atoms with Crippen LogP contribution >= 0.6 is 0 Å². The molecular weight excluding hydrogens is 751 g/mol. The molecule has 0 aliphatic heterocycles. The van der Waals surface area contributed by atoms with E-state index in [-0.39, 0.29) is 0 Å². The number of benzene rings is 11. The second kappa shape index (κ2) is 14.8. The van der Waals surface area contributed by atoms with Gasteiger partial charge in [0.1, 0.15) is 11.2 Å². The molecule has 0 saturated heterocycles. The molecule has 0 spiro atoms. The number of hydrogen-bond donors (Lipinski definition) is 0. The maximum absolute atomic E-state index is 6.30. The van der Waals surface area contributed by atoms with E-state index < -0.39 is 0 Å². The fraction of sp³-hybridized carbons (Fsp3) is 0. The van der Waals surface area contributed by atoms with Gasteiger partial charge in [-0.3, -0.25) is 0 Å². The standard InChI is InChI=1S/C60H39NO/c1-2-12-42(13-3-1)53-35-30-46(52-21-11-22-54-51-18-7-5-15-43(51)28-36-55(52)54)38-58(53)61(48-33-26-44(27-34-48)50-20-10-16-41-14-4-6-17-49(41)50)47-31-24-40(25-32-47)45-29-37-57-56-19-8-9-23-59(56)62-60(57)39-45/h1-39H. The molecule has 0 radical (unpaired) electrons. The molecule has 0 aliphatic carbocycles. The summed E-state index contributed by atoms with van der Waals surface area (Å²) in [6, 6.07) is 85.7. The summed E-state index contributed by atoms with van der Waals surface area (Å²) in [5, 5.41) is 9.76. The number of fused-ring (bicyclic) bond motifs is 7. The third-order valence-electron chi connectivity index (χ3n) is 12.5. The van der Waals surface area contributed by atoms with Crippen LogP contribution < -0.4 is 4.90 Å². The zero-order valence-corrected chi connectivity index (χ0v) is 33.9. The van der Waals surface area contributed by atoms with Crippen LogP contribution in [-0.2, 0) is 0 Å². The van der Waals surface area contributed by atoms with Gasteiger partial charge in [0.05, 0.1) is 5.69 Å². The molecule has 12 aromatic rings. The van der Waals surface area contributed by atoms with Gasteiger partial charge in [-0.15, -0.1) is 0 Å². The quantitative estimate of drug-likeness (QED) is 0.150. The molecule has 2 nitrogen and oxygen atoms in total. The maximum Gasteiger partial charge on any atom is 0.136 e. The molecule has 11 aromatic carbocycles. The van der Waals surface area contributed by atoms with Gasteiger partial charge in [0.2, 0.25) is 0 Å². The molecule has 0 atom stereocenters. The van der Waals surface area contributed by atoms with Gasteiger partial charge in [-0.2, -0.15) is 0 Å². The molecule has 0 unspecified atom stereocenters. The van der Waals surface area contributed by atoms with E-state index in [1.807, 2.05) is 12.1 Å². The number of rotatable bonds is 7. The first-order chi connectivity index (χ1) is 30.7. The Labute approximate surface area is 360 Å². The Bertz CT molecular complexity index is 3610. The lowest BCUT2D eigenvalue weighted by Crippen LogP contribution is -2.11. The second-order valence-corrected chi connectivity index (χ2v) is 16.1. The highest BCUT2D eigenvalue weighted by Crippen LogP contribution is 2.45. The molecule has 0 fully saturated rings. The number of hydrogen-bond acceptors (Lipinski definition) is 2. The Balaban J connectivity index is 1.04. The lowest BCUT2D eigenvalue weighted by atomic mass is 9.92. The lowest BCUT2D eigenvalue weighted by molar-refractivity contribution is 0.669. The molecule has 0 saturated carbocycles. The van der Waals surface area contributed by atoms with Crippen LogP contribution in [0.15, 0.2) is 241 Å². The van der Waals surface area contributed by atoms with Crippen LogP contribution in [0.1, 0.15) is 0 Å². The van der Waals surface area contributed by atoms with Crippen molar-refractivity contribution in [2.45, 2.75) is 0 Å². The zero-order valence-electron chi connectivity index (χ0n) is 33.9. The van der Waals surface area contributed by atoms with Gasteiger partial charge >= 0.3 is 0 Å². The summed E-state index contributed by atoms with van der Waals surface area (Å²) in [5.41, 5.74) is 14.4. The Morgan fingerprint density at radius 3 is 1.58 bits per heavy atom. The fourth-order valence-corrected chi connectivity index (χ4v) is 9.44. The van der Waals surface area contributed by atoms with Crippen LogP contribution in [-0.4, -0.2) is 0 Å². The van der Waals surface area contributed by atoms with Crippen LogP contribution in [0.3, 0.4) is 0 Å². The van der Waals surface area contributed by atoms with Crippen molar-refractivity contribution < 1.29 is 4.42 Å². The van der Waals surface area contributed by atoms with Gasteiger partial charge in [-0.05, 0) is 120 Å². The fourth-order valence-electron chi connectivity index (χ4n) is 9.44. The SMILES string of the molecule is c1ccc(-c2ccc(-c3cccc4c3ccc3ccccc34)cc2N(c2ccc(-c3ccc4c(c3)oc3ccccc34)cc2)c2ccc(-c3cccc4ccccc34)cc2)cc1. The Kier molecular flexibility index (Phi) is 8.53. The third-order valence-corrected chi connectivity index (χ3v) is 12.5. The largest absolute Gasteiger partial charge is 0.456 e. The predicted octanol–water partition coefficient (Wildman–Crippen LogP) is 17.2. The Morgan fingerprint density at radius 1 is 0.258 bits per heavy atom. The van der Waals surface area contributed by atoms with E-state index in [1.165, 1.54) is 49.0 Å². The lowest BCUT2D eigenvalue weighted by Gasteiger charge is -2.29. The van der Waals surface area contributed by atoms with Crippen molar-refractivity contribution >= 4 is 71.3 Å². The molecule has 62 heavy (non-hydrogen) atoms. The van der Waals surface area contributed by atoms with Crippen LogP contribution in [0.25, 0.3) is 98.8 Å². The van der Waals surface area contributed by atoms with E-state index in [0.29, 0.717) is 0 Å². The third kappa shape index (κ3) is 6.12. The van der Waals surface area contributed by atoms with Crippen LogP contribution in [0.2, 0.25) is 0 Å². The van der Waals surface area contributed by atoms with Gasteiger partial charge < -0.3 is 9.32 Å². The average Bonchev–Trinajstić information content (AvgIpc) is 3.72. The first kappa shape index (κ1) is 35.7. The highest BCUT2D eigenvalue weighted by atomic mass is 16.3. The molecule has 0 aliphatic rings. The Morgan fingerprint density at radius 2 is 0.790 bits per heavy atom. The van der Waals surface area contributed by atoms with Gasteiger partial charge in [0, 0.05) is 27.7 Å². The van der Waals surface area contributed by atoms with E-state index in [1.54, 1.807) is 0 Å². The molecule has 0 bridgehead atoms. The van der Waals surface area contributed by atoms with Crippen molar-refractivity contribution in [1.82, 2.24) is 0 Å². The summed E-state index contributed by atoms with van der Waals surface area (Å²) in [6.07, 6.45) is 0. The highest BCUT2D eigenvalue weighted by Gasteiger charge is 2.20. The maximum atomic E-state index is 6.30. The number of anilines is 3. The highest BCUT2D eigenvalue weighted by molar-refractivity contribution is 6.12. The van der Waals surface area contributed by atoms with Gasteiger partial charge in [-0.1, -0.05) is 188 Å². The molecule has 2 heteroatoms. The molecule has 12 rings (SSSR count). The first-order valence-corrected chi connectivity index (χ1v) is 21.2. The summed E-state index contributed by atoms with van der Waals surface area (Å²) >= 11 is 0. The number of furan rings is 1. The number of para-hydroxylation sites is 1. The summed E-state index contributed by atoms with van der Waals surface area (Å²) < 4.78 is 6.30. The van der Waals surface area contributed by atoms with Crippen LogP contribution in [0.4, 0.5) is 17.1 Å². The van der Waals surface area contributed by atoms with Crippen molar-refractivity contribution in [2.75, 3.05) is 4.90 Å². The van der Waals surface area contributed by atoms with E-state index in [2.05, 4.69) is 229 Å². The van der Waals surface area contributed by atoms with E-state index in [9.17, 15) is 0 Å². The number of nitrogens with zero attached hydrogens (tertiary/aromatic N) is 1. The van der Waals surface area contributed by atoms with Crippen molar-refractivity contribution in [3.8, 4) is 44.5 Å². The minimum atomic E-state index is 0.895. The first-order valence-electron chi connectivity index (χ1n) is 21.2. The molecule has 290 valence electrons. The molecule has 0 N–H and O–H groups in total. The second-order valence-electron chi connectivity index (χ2n) is 16.1. The Hall–Kier alpha value is -8.20. The van der Waals surface area contributed by atoms with Crippen LogP contribution in [0.5, 0.6) is 0 Å². The summed E-state index contributed by atoms with van der Waals surface area (Å²) in [7, 11) is 0. The van der Waals surface area contributed by atoms with Crippen molar-refractivity contribution in [3.05, 3.63) is 237 Å². The monoisotopic (exact) mass is 789 g/mol. The van der Waals surface area contributed by atoms with E-state index in [4.69, 9.17) is 4.42 Å². The molecule has 1 aromatic heterocycles. The molecule has 0 amide bonds. The summed E-state index contributed by atoms with van der Waals surface area (Å²) in [4.78, 5) is 2.42. The minimum Gasteiger partial charge on any atom is -0.456 e.